The fraction of sp³-hybridized carbons (Fsp3) is 0.545. The minimum Gasteiger partial charge on any atom is -0.350 e. The van der Waals surface area contributed by atoms with Crippen LogP contribution in [-0.2, 0) is 11.3 Å². The van der Waals surface area contributed by atoms with Gasteiger partial charge < -0.3 is 11.1 Å². The normalized spacial score (nSPS) is 17.6. The molecule has 3 N–H and O–H groups in total. The SMILES string of the molecule is NCC1(C(=O)NCc2ccncn2)CCC1. The highest BCUT2D eigenvalue weighted by molar-refractivity contribution is 5.83. The van der Waals surface area contributed by atoms with Gasteiger partial charge in [0.05, 0.1) is 17.7 Å². The maximum Gasteiger partial charge on any atom is 0.227 e. The summed E-state index contributed by atoms with van der Waals surface area (Å²) in [4.78, 5) is 19.8. The van der Waals surface area contributed by atoms with E-state index in [0.717, 1.165) is 25.0 Å². The zero-order chi connectivity index (χ0) is 11.4. The third-order valence-corrected chi connectivity index (χ3v) is 3.26. The van der Waals surface area contributed by atoms with Gasteiger partial charge >= 0.3 is 0 Å². The van der Waals surface area contributed by atoms with Crippen molar-refractivity contribution >= 4 is 5.91 Å². The Morgan fingerprint density at radius 1 is 1.56 bits per heavy atom. The fourth-order valence-corrected chi connectivity index (χ4v) is 1.91. The van der Waals surface area contributed by atoms with Gasteiger partial charge in [-0.25, -0.2) is 9.97 Å². The van der Waals surface area contributed by atoms with Crippen LogP contribution in [0.4, 0.5) is 0 Å². The molecule has 1 aromatic rings. The summed E-state index contributed by atoms with van der Waals surface area (Å²) in [6.07, 6.45) is 6.04. The molecule has 16 heavy (non-hydrogen) atoms. The zero-order valence-corrected chi connectivity index (χ0v) is 9.15. The highest BCUT2D eigenvalue weighted by Crippen LogP contribution is 2.39. The lowest BCUT2D eigenvalue weighted by Gasteiger charge is -2.39. The molecule has 5 heteroatoms. The quantitative estimate of drug-likeness (QED) is 0.760. The maximum atomic E-state index is 11.9. The molecule has 86 valence electrons. The highest BCUT2D eigenvalue weighted by atomic mass is 16.2. The zero-order valence-electron chi connectivity index (χ0n) is 9.15. The van der Waals surface area contributed by atoms with Crippen LogP contribution in [0.5, 0.6) is 0 Å². The van der Waals surface area contributed by atoms with Crippen molar-refractivity contribution in [1.82, 2.24) is 15.3 Å². The number of nitrogens with zero attached hydrogens (tertiary/aromatic N) is 2. The van der Waals surface area contributed by atoms with E-state index in [1.54, 1.807) is 12.3 Å². The van der Waals surface area contributed by atoms with Crippen molar-refractivity contribution in [1.29, 1.82) is 0 Å². The van der Waals surface area contributed by atoms with Crippen LogP contribution in [0.25, 0.3) is 0 Å². The van der Waals surface area contributed by atoms with Gasteiger partial charge in [0, 0.05) is 12.7 Å². The predicted molar refractivity (Wildman–Crippen MR) is 59.2 cm³/mol. The fourth-order valence-electron chi connectivity index (χ4n) is 1.91. The molecular weight excluding hydrogens is 204 g/mol. The second-order valence-corrected chi connectivity index (χ2v) is 4.22. The van der Waals surface area contributed by atoms with E-state index in [2.05, 4.69) is 15.3 Å². The van der Waals surface area contributed by atoms with Crippen molar-refractivity contribution in [3.8, 4) is 0 Å². The van der Waals surface area contributed by atoms with Crippen molar-refractivity contribution in [2.45, 2.75) is 25.8 Å². The van der Waals surface area contributed by atoms with Crippen LogP contribution in [-0.4, -0.2) is 22.4 Å². The first-order chi connectivity index (χ1) is 7.77. The lowest BCUT2D eigenvalue weighted by atomic mass is 9.68. The van der Waals surface area contributed by atoms with Crippen LogP contribution in [0.3, 0.4) is 0 Å². The largest absolute Gasteiger partial charge is 0.350 e. The Morgan fingerprint density at radius 3 is 2.88 bits per heavy atom. The molecule has 0 radical (unpaired) electrons. The molecular formula is C11H16N4O. The Hall–Kier alpha value is -1.49. The first-order valence-electron chi connectivity index (χ1n) is 5.50. The number of hydrogen-bond acceptors (Lipinski definition) is 4. The van der Waals surface area contributed by atoms with Gasteiger partial charge in [-0.05, 0) is 18.9 Å². The van der Waals surface area contributed by atoms with Crippen molar-refractivity contribution in [2.24, 2.45) is 11.1 Å². The number of hydrogen-bond donors (Lipinski definition) is 2. The number of rotatable bonds is 4. The number of nitrogens with one attached hydrogen (secondary N) is 1. The molecule has 1 saturated carbocycles. The summed E-state index contributed by atoms with van der Waals surface area (Å²) in [6.45, 7) is 0.881. The summed E-state index contributed by atoms with van der Waals surface area (Å²) in [7, 11) is 0. The Balaban J connectivity index is 1.89. The van der Waals surface area contributed by atoms with Crippen molar-refractivity contribution < 1.29 is 4.79 Å². The Kier molecular flexibility index (Phi) is 3.14. The Labute approximate surface area is 94.5 Å². The van der Waals surface area contributed by atoms with Gasteiger partial charge in [-0.3, -0.25) is 4.79 Å². The first-order valence-corrected chi connectivity index (χ1v) is 5.50. The van der Waals surface area contributed by atoms with E-state index in [-0.39, 0.29) is 11.3 Å². The van der Waals surface area contributed by atoms with E-state index < -0.39 is 0 Å². The van der Waals surface area contributed by atoms with Crippen molar-refractivity contribution in [3.05, 3.63) is 24.3 Å². The molecule has 1 amide bonds. The Morgan fingerprint density at radius 2 is 2.38 bits per heavy atom. The smallest absolute Gasteiger partial charge is 0.227 e. The Bertz CT molecular complexity index is 356. The number of carbonyl (C=O) groups is 1. The molecule has 1 aliphatic rings. The second kappa shape index (κ2) is 4.57. The van der Waals surface area contributed by atoms with E-state index in [4.69, 9.17) is 5.73 Å². The number of aromatic nitrogens is 2. The topological polar surface area (TPSA) is 80.9 Å². The third-order valence-electron chi connectivity index (χ3n) is 3.26. The summed E-state index contributed by atoms with van der Waals surface area (Å²) < 4.78 is 0. The number of nitrogens with two attached hydrogens (primary N) is 1. The van der Waals surface area contributed by atoms with E-state index in [1.807, 2.05) is 0 Å². The van der Waals surface area contributed by atoms with Crippen LogP contribution < -0.4 is 11.1 Å². The lowest BCUT2D eigenvalue weighted by molar-refractivity contribution is -0.135. The highest BCUT2D eigenvalue weighted by Gasteiger charge is 2.42. The van der Waals surface area contributed by atoms with E-state index in [9.17, 15) is 4.79 Å². The number of amides is 1. The van der Waals surface area contributed by atoms with Gasteiger partial charge in [-0.1, -0.05) is 6.42 Å². The van der Waals surface area contributed by atoms with Gasteiger partial charge in [-0.2, -0.15) is 0 Å². The average Bonchev–Trinajstić information content (AvgIpc) is 2.27. The molecule has 0 aromatic carbocycles. The molecule has 0 bridgehead atoms. The molecule has 0 atom stereocenters. The van der Waals surface area contributed by atoms with Gasteiger partial charge in [0.25, 0.3) is 0 Å². The monoisotopic (exact) mass is 220 g/mol. The second-order valence-electron chi connectivity index (χ2n) is 4.22. The predicted octanol–water partition coefficient (Wildman–Crippen LogP) is 0.222. The number of carbonyl (C=O) groups excluding carboxylic acids is 1. The minimum absolute atomic E-state index is 0.0554. The van der Waals surface area contributed by atoms with Crippen LogP contribution in [0.15, 0.2) is 18.6 Å². The summed E-state index contributed by atoms with van der Waals surface area (Å²) in [5.41, 5.74) is 6.15. The van der Waals surface area contributed by atoms with Gasteiger partial charge in [0.2, 0.25) is 5.91 Å². The first kappa shape index (κ1) is 11.0. The molecule has 5 nitrogen and oxygen atoms in total. The summed E-state index contributed by atoms with van der Waals surface area (Å²) in [6, 6.07) is 1.79. The molecule has 0 spiro atoms. The minimum atomic E-state index is -0.312. The van der Waals surface area contributed by atoms with Crippen LogP contribution >= 0.6 is 0 Å². The maximum absolute atomic E-state index is 11.9. The van der Waals surface area contributed by atoms with Crippen molar-refractivity contribution in [2.75, 3.05) is 6.54 Å². The lowest BCUT2D eigenvalue weighted by Crippen LogP contribution is -2.50. The van der Waals surface area contributed by atoms with Crippen molar-refractivity contribution in [3.63, 3.8) is 0 Å². The summed E-state index contributed by atoms with van der Waals surface area (Å²) in [5, 5.41) is 2.88. The van der Waals surface area contributed by atoms with Gasteiger partial charge in [-0.15, -0.1) is 0 Å². The molecule has 1 fully saturated rings. The van der Waals surface area contributed by atoms with Gasteiger partial charge in [0.15, 0.2) is 0 Å². The third kappa shape index (κ3) is 2.04. The van der Waals surface area contributed by atoms with E-state index in [0.29, 0.717) is 13.1 Å². The summed E-state index contributed by atoms with van der Waals surface area (Å²) in [5.74, 6) is 0.0554. The van der Waals surface area contributed by atoms with Crippen LogP contribution in [0.1, 0.15) is 25.0 Å². The molecule has 0 saturated heterocycles. The summed E-state index contributed by atoms with van der Waals surface area (Å²) >= 11 is 0. The molecule has 1 aromatic heterocycles. The van der Waals surface area contributed by atoms with Crippen LogP contribution in [0, 0.1) is 5.41 Å². The molecule has 2 rings (SSSR count). The van der Waals surface area contributed by atoms with Gasteiger partial charge in [0.1, 0.15) is 6.33 Å². The molecule has 0 aliphatic heterocycles. The molecule has 0 unspecified atom stereocenters. The average molecular weight is 220 g/mol. The van der Waals surface area contributed by atoms with E-state index in [1.165, 1.54) is 6.33 Å². The molecule has 1 aliphatic carbocycles. The standard InChI is InChI=1S/C11H16N4O/c12-7-11(3-1-4-11)10(16)14-6-9-2-5-13-8-15-9/h2,5,8H,1,3-4,6-7,12H2,(H,14,16). The van der Waals surface area contributed by atoms with Crippen LogP contribution in [0.2, 0.25) is 0 Å². The molecule has 1 heterocycles. The van der Waals surface area contributed by atoms with E-state index >= 15 is 0 Å².